The van der Waals surface area contributed by atoms with Gasteiger partial charge in [-0.15, -0.1) is 0 Å². The normalized spacial score (nSPS) is 25.8. The molecule has 5 rings (SSSR count). The molecule has 3 aliphatic rings. The van der Waals surface area contributed by atoms with E-state index in [1.807, 2.05) is 0 Å². The largest absolute Gasteiger partial charge is 0.372 e. The van der Waals surface area contributed by atoms with Crippen molar-refractivity contribution >= 4 is 5.69 Å². The fraction of sp³-hybridized carbons (Fsp3) is 0.500. The first-order valence-electron chi connectivity index (χ1n) is 10.5. The van der Waals surface area contributed by atoms with Gasteiger partial charge in [0.1, 0.15) is 0 Å². The third-order valence-electron chi connectivity index (χ3n) is 6.83. The van der Waals surface area contributed by atoms with Crippen molar-refractivity contribution < 1.29 is 0 Å². The lowest BCUT2D eigenvalue weighted by Gasteiger charge is -2.45. The molecular formula is C24H30N2. The number of anilines is 1. The standard InChI is InChI=1S/C24H30N2/c1-2-7-19(8-3-1)17-23-22-18-21(25-13-4-5-14-25)11-9-20(22)10-12-24(23)26-15-6-16-26/h1-3,7-9,11,18,23-24H,4-6,10,12-17H2. The van der Waals surface area contributed by atoms with Gasteiger partial charge in [0.2, 0.25) is 0 Å². The molecule has 0 bridgehead atoms. The van der Waals surface area contributed by atoms with Crippen LogP contribution < -0.4 is 4.90 Å². The molecule has 2 saturated heterocycles. The molecule has 2 fully saturated rings. The second-order valence-electron chi connectivity index (χ2n) is 8.37. The molecule has 1 aliphatic carbocycles. The number of likely N-dealkylation sites (tertiary alicyclic amines) is 1. The zero-order chi connectivity index (χ0) is 17.3. The quantitative estimate of drug-likeness (QED) is 0.796. The average molecular weight is 347 g/mol. The van der Waals surface area contributed by atoms with Gasteiger partial charge in [0.15, 0.2) is 0 Å². The van der Waals surface area contributed by atoms with Crippen LogP contribution in [0, 0.1) is 0 Å². The lowest BCUT2D eigenvalue weighted by Crippen LogP contribution is -2.49. The summed E-state index contributed by atoms with van der Waals surface area (Å²) in [7, 11) is 0. The van der Waals surface area contributed by atoms with Crippen molar-refractivity contribution in [2.45, 2.75) is 50.5 Å². The number of aryl methyl sites for hydroxylation is 1. The zero-order valence-electron chi connectivity index (χ0n) is 15.7. The molecule has 2 nitrogen and oxygen atoms in total. The Morgan fingerprint density at radius 3 is 2.38 bits per heavy atom. The predicted octanol–water partition coefficient (Wildman–Crippen LogP) is 4.63. The number of hydrogen-bond donors (Lipinski definition) is 0. The maximum absolute atomic E-state index is 2.75. The maximum Gasteiger partial charge on any atom is 0.0369 e. The molecule has 2 aromatic carbocycles. The van der Waals surface area contributed by atoms with E-state index in [0.717, 1.165) is 6.04 Å². The summed E-state index contributed by atoms with van der Waals surface area (Å²) in [5.41, 5.74) is 6.19. The molecule has 2 heteroatoms. The topological polar surface area (TPSA) is 6.48 Å². The summed E-state index contributed by atoms with van der Waals surface area (Å²) < 4.78 is 0. The van der Waals surface area contributed by atoms with E-state index in [-0.39, 0.29) is 0 Å². The summed E-state index contributed by atoms with van der Waals surface area (Å²) in [6.45, 7) is 5.07. The Balaban J connectivity index is 1.50. The highest BCUT2D eigenvalue weighted by Gasteiger charge is 2.36. The van der Waals surface area contributed by atoms with Crippen LogP contribution in [0.1, 0.15) is 48.3 Å². The summed E-state index contributed by atoms with van der Waals surface area (Å²) >= 11 is 0. The highest BCUT2D eigenvalue weighted by Crippen LogP contribution is 2.40. The molecule has 0 spiro atoms. The van der Waals surface area contributed by atoms with E-state index < -0.39 is 0 Å². The summed E-state index contributed by atoms with van der Waals surface area (Å²) in [5, 5.41) is 0. The number of rotatable bonds is 4. The Morgan fingerprint density at radius 1 is 0.846 bits per heavy atom. The fourth-order valence-corrected chi connectivity index (χ4v) is 5.26. The van der Waals surface area contributed by atoms with Crippen LogP contribution >= 0.6 is 0 Å². The molecular weight excluding hydrogens is 316 g/mol. The van der Waals surface area contributed by atoms with Crippen LogP contribution in [0.4, 0.5) is 5.69 Å². The molecule has 26 heavy (non-hydrogen) atoms. The van der Waals surface area contributed by atoms with E-state index in [4.69, 9.17) is 0 Å². The summed E-state index contributed by atoms with van der Waals surface area (Å²) in [6, 6.07) is 19.2. The number of nitrogens with zero attached hydrogens (tertiary/aromatic N) is 2. The SMILES string of the molecule is c1ccc(CC2c3cc(N4CCCC4)ccc3CCC2N2CCC2)cc1. The molecule has 136 valence electrons. The molecule has 0 amide bonds. The van der Waals surface area contributed by atoms with Crippen molar-refractivity contribution in [2.75, 3.05) is 31.1 Å². The van der Waals surface area contributed by atoms with Crippen LogP contribution in [-0.2, 0) is 12.8 Å². The second kappa shape index (κ2) is 7.08. The molecule has 2 aliphatic heterocycles. The smallest absolute Gasteiger partial charge is 0.0369 e. The number of benzene rings is 2. The lowest BCUT2D eigenvalue weighted by atomic mass is 9.74. The Kier molecular flexibility index (Phi) is 4.46. The van der Waals surface area contributed by atoms with Crippen molar-refractivity contribution in [1.82, 2.24) is 4.90 Å². The van der Waals surface area contributed by atoms with Crippen LogP contribution in [0.2, 0.25) is 0 Å². The third kappa shape index (κ3) is 3.05. The van der Waals surface area contributed by atoms with E-state index in [0.29, 0.717) is 5.92 Å². The summed E-state index contributed by atoms with van der Waals surface area (Å²) in [6.07, 6.45) is 7.84. The highest BCUT2D eigenvalue weighted by molar-refractivity contribution is 5.54. The summed E-state index contributed by atoms with van der Waals surface area (Å²) in [4.78, 5) is 5.34. The highest BCUT2D eigenvalue weighted by atomic mass is 15.2. The minimum Gasteiger partial charge on any atom is -0.372 e. The van der Waals surface area contributed by atoms with Crippen molar-refractivity contribution in [1.29, 1.82) is 0 Å². The van der Waals surface area contributed by atoms with Gasteiger partial charge in [-0.25, -0.2) is 0 Å². The van der Waals surface area contributed by atoms with Gasteiger partial charge in [0, 0.05) is 30.7 Å². The van der Waals surface area contributed by atoms with Gasteiger partial charge in [-0.3, -0.25) is 4.90 Å². The Hall–Kier alpha value is -1.80. The maximum atomic E-state index is 2.75. The van der Waals surface area contributed by atoms with Gasteiger partial charge in [-0.2, -0.15) is 0 Å². The first-order chi connectivity index (χ1) is 12.9. The molecule has 0 saturated carbocycles. The van der Waals surface area contributed by atoms with Crippen molar-refractivity contribution in [2.24, 2.45) is 0 Å². The molecule has 0 radical (unpaired) electrons. The second-order valence-corrected chi connectivity index (χ2v) is 8.37. The molecule has 2 unspecified atom stereocenters. The first-order valence-corrected chi connectivity index (χ1v) is 10.5. The van der Waals surface area contributed by atoms with E-state index in [1.165, 1.54) is 76.0 Å². The van der Waals surface area contributed by atoms with Gasteiger partial charge in [-0.05, 0) is 80.4 Å². The van der Waals surface area contributed by atoms with E-state index in [2.05, 4.69) is 58.3 Å². The molecule has 0 N–H and O–H groups in total. The van der Waals surface area contributed by atoms with Crippen LogP contribution in [0.15, 0.2) is 48.5 Å². The first kappa shape index (κ1) is 16.4. The van der Waals surface area contributed by atoms with E-state index in [9.17, 15) is 0 Å². The van der Waals surface area contributed by atoms with Crippen molar-refractivity contribution in [3.8, 4) is 0 Å². The van der Waals surface area contributed by atoms with Gasteiger partial charge in [-0.1, -0.05) is 36.4 Å². The molecule has 0 aromatic heterocycles. The summed E-state index contributed by atoms with van der Waals surface area (Å²) in [5.74, 6) is 0.643. The monoisotopic (exact) mass is 346 g/mol. The molecule has 2 aromatic rings. The zero-order valence-corrected chi connectivity index (χ0v) is 15.7. The van der Waals surface area contributed by atoms with Gasteiger partial charge in [0.25, 0.3) is 0 Å². The van der Waals surface area contributed by atoms with Gasteiger partial charge < -0.3 is 4.90 Å². The minimum absolute atomic E-state index is 0.643. The van der Waals surface area contributed by atoms with Crippen molar-refractivity contribution in [3.63, 3.8) is 0 Å². The molecule has 2 heterocycles. The number of fused-ring (bicyclic) bond motifs is 1. The predicted molar refractivity (Wildman–Crippen MR) is 109 cm³/mol. The van der Waals surface area contributed by atoms with Crippen LogP contribution in [0.25, 0.3) is 0 Å². The van der Waals surface area contributed by atoms with Crippen LogP contribution in [0.3, 0.4) is 0 Å². The third-order valence-corrected chi connectivity index (χ3v) is 6.83. The number of hydrogen-bond acceptors (Lipinski definition) is 2. The van der Waals surface area contributed by atoms with E-state index in [1.54, 1.807) is 11.1 Å². The molecule has 2 atom stereocenters. The fourth-order valence-electron chi connectivity index (χ4n) is 5.26. The minimum atomic E-state index is 0.643. The van der Waals surface area contributed by atoms with Gasteiger partial charge in [0.05, 0.1) is 0 Å². The Labute approximate surface area is 157 Å². The average Bonchev–Trinajstić information content (AvgIpc) is 3.17. The Bertz CT molecular complexity index is 744. The lowest BCUT2D eigenvalue weighted by molar-refractivity contribution is 0.0877. The van der Waals surface area contributed by atoms with Crippen molar-refractivity contribution in [3.05, 3.63) is 65.2 Å². The van der Waals surface area contributed by atoms with E-state index >= 15 is 0 Å². The van der Waals surface area contributed by atoms with Crippen LogP contribution in [-0.4, -0.2) is 37.1 Å². The Morgan fingerprint density at radius 2 is 1.65 bits per heavy atom. The van der Waals surface area contributed by atoms with Gasteiger partial charge >= 0.3 is 0 Å². The van der Waals surface area contributed by atoms with Crippen LogP contribution in [0.5, 0.6) is 0 Å².